The van der Waals surface area contributed by atoms with Crippen LogP contribution in [0.2, 0.25) is 0 Å². The van der Waals surface area contributed by atoms with E-state index in [2.05, 4.69) is 11.1 Å². The maximum absolute atomic E-state index is 11.2. The normalized spacial score (nSPS) is 12.6. The van der Waals surface area contributed by atoms with Gasteiger partial charge in [0.2, 0.25) is 10.4 Å². The summed E-state index contributed by atoms with van der Waals surface area (Å²) in [5.41, 5.74) is 0. The van der Waals surface area contributed by atoms with Crippen LogP contribution in [0.25, 0.3) is 0 Å². The van der Waals surface area contributed by atoms with Gasteiger partial charge >= 0.3 is 35.5 Å². The van der Waals surface area contributed by atoms with Crippen molar-refractivity contribution in [2.75, 3.05) is 6.61 Å². The Morgan fingerprint density at radius 3 is 2.21 bits per heavy atom. The van der Waals surface area contributed by atoms with Gasteiger partial charge in [-0.1, -0.05) is 39.0 Å². The Balaban J connectivity index is 0. The molecule has 0 fully saturated rings. The molecule has 6 nitrogen and oxygen atoms in total. The molecule has 0 N–H and O–H groups in total. The van der Waals surface area contributed by atoms with Crippen LogP contribution in [0, 0.1) is 0 Å². The van der Waals surface area contributed by atoms with Gasteiger partial charge in [-0.05, 0) is 13.3 Å². The molecule has 0 aliphatic heterocycles. The van der Waals surface area contributed by atoms with Crippen molar-refractivity contribution in [1.82, 2.24) is 0 Å². The van der Waals surface area contributed by atoms with Crippen molar-refractivity contribution in [1.29, 1.82) is 0 Å². The summed E-state index contributed by atoms with van der Waals surface area (Å²) in [6, 6.07) is 0. The quantitative estimate of drug-likeness (QED) is 0.165. The molecular weight excluding hydrogens is 283 g/mol. The SMILES string of the molecule is CCCCCCCCOC(=O)C(C)OS(=O)(=O)[O-].[Na+]. The van der Waals surface area contributed by atoms with Crippen LogP contribution in [0.5, 0.6) is 0 Å². The molecule has 0 aliphatic carbocycles. The molecule has 0 aromatic rings. The van der Waals surface area contributed by atoms with Gasteiger partial charge in [0.15, 0.2) is 6.10 Å². The summed E-state index contributed by atoms with van der Waals surface area (Å²) in [6.07, 6.45) is 4.94. The second-order valence-corrected chi connectivity index (χ2v) is 5.09. The van der Waals surface area contributed by atoms with Crippen LogP contribution in [0.3, 0.4) is 0 Å². The van der Waals surface area contributed by atoms with Crippen molar-refractivity contribution in [3.63, 3.8) is 0 Å². The minimum atomic E-state index is -4.86. The average Bonchev–Trinajstić information content (AvgIpc) is 2.25. The summed E-state index contributed by atoms with van der Waals surface area (Å²) in [6.45, 7) is 3.52. The predicted molar refractivity (Wildman–Crippen MR) is 64.6 cm³/mol. The summed E-state index contributed by atoms with van der Waals surface area (Å²) < 4.78 is 39.5. The van der Waals surface area contributed by atoms with Gasteiger partial charge in [0.1, 0.15) is 0 Å². The van der Waals surface area contributed by atoms with E-state index in [1.165, 1.54) is 26.2 Å². The summed E-state index contributed by atoms with van der Waals surface area (Å²) >= 11 is 0. The fourth-order valence-electron chi connectivity index (χ4n) is 1.39. The molecular formula is C11H21NaO6S. The Kier molecular flexibility index (Phi) is 13.8. The van der Waals surface area contributed by atoms with E-state index in [4.69, 9.17) is 4.74 Å². The molecule has 8 heteroatoms. The van der Waals surface area contributed by atoms with Gasteiger partial charge in [-0.25, -0.2) is 13.2 Å². The molecule has 0 radical (unpaired) electrons. The Morgan fingerprint density at radius 2 is 1.68 bits per heavy atom. The average molecular weight is 304 g/mol. The van der Waals surface area contributed by atoms with E-state index >= 15 is 0 Å². The molecule has 0 amide bonds. The van der Waals surface area contributed by atoms with Crippen LogP contribution in [-0.4, -0.2) is 31.7 Å². The summed E-state index contributed by atoms with van der Waals surface area (Å²) in [5.74, 6) is -0.831. The van der Waals surface area contributed by atoms with Gasteiger partial charge in [0.05, 0.1) is 6.61 Å². The van der Waals surface area contributed by atoms with Gasteiger partial charge in [-0.2, -0.15) is 0 Å². The molecule has 108 valence electrons. The molecule has 0 spiro atoms. The number of ether oxygens (including phenoxy) is 1. The third kappa shape index (κ3) is 14.6. The molecule has 0 aromatic heterocycles. The Labute approximate surface area is 137 Å². The van der Waals surface area contributed by atoms with Crippen LogP contribution in [0.15, 0.2) is 0 Å². The zero-order valence-electron chi connectivity index (χ0n) is 11.9. The molecule has 0 rings (SSSR count). The number of carbonyl (C=O) groups excluding carboxylic acids is 1. The van der Waals surface area contributed by atoms with Gasteiger partial charge < -0.3 is 9.29 Å². The summed E-state index contributed by atoms with van der Waals surface area (Å²) in [7, 11) is -4.86. The molecule has 1 unspecified atom stereocenters. The number of carbonyl (C=O) groups is 1. The summed E-state index contributed by atoms with van der Waals surface area (Å²) in [4.78, 5) is 11.2. The minimum Gasteiger partial charge on any atom is -0.726 e. The van der Waals surface area contributed by atoms with Crippen LogP contribution < -0.4 is 29.6 Å². The largest absolute Gasteiger partial charge is 1.00 e. The van der Waals surface area contributed by atoms with Crippen molar-refractivity contribution in [2.45, 2.75) is 58.5 Å². The molecule has 0 saturated heterocycles. The molecule has 0 saturated carbocycles. The monoisotopic (exact) mass is 304 g/mol. The van der Waals surface area contributed by atoms with Gasteiger partial charge in [0, 0.05) is 0 Å². The smallest absolute Gasteiger partial charge is 0.726 e. The van der Waals surface area contributed by atoms with Crippen LogP contribution >= 0.6 is 0 Å². The zero-order valence-corrected chi connectivity index (χ0v) is 14.7. The first-order valence-electron chi connectivity index (χ1n) is 6.17. The molecule has 0 heterocycles. The van der Waals surface area contributed by atoms with Gasteiger partial charge in [-0.3, -0.25) is 4.18 Å². The summed E-state index contributed by atoms with van der Waals surface area (Å²) in [5, 5.41) is 0. The van der Waals surface area contributed by atoms with E-state index in [-0.39, 0.29) is 36.2 Å². The van der Waals surface area contributed by atoms with Gasteiger partial charge in [0.25, 0.3) is 0 Å². The van der Waals surface area contributed by atoms with E-state index in [1.54, 1.807) is 0 Å². The third-order valence-electron chi connectivity index (χ3n) is 2.34. The first-order valence-corrected chi connectivity index (χ1v) is 7.51. The number of hydrogen-bond donors (Lipinski definition) is 0. The molecule has 0 aliphatic rings. The van der Waals surface area contributed by atoms with Crippen molar-refractivity contribution < 1.29 is 56.2 Å². The number of hydrogen-bond acceptors (Lipinski definition) is 6. The van der Waals surface area contributed by atoms with E-state index in [1.807, 2.05) is 0 Å². The topological polar surface area (TPSA) is 92.7 Å². The zero-order chi connectivity index (χ0) is 14.0. The maximum Gasteiger partial charge on any atom is 1.00 e. The first kappa shape index (κ1) is 21.6. The second kappa shape index (κ2) is 12.1. The van der Waals surface area contributed by atoms with Crippen LogP contribution in [0.1, 0.15) is 52.4 Å². The molecule has 0 bridgehead atoms. The Morgan fingerprint density at radius 1 is 1.16 bits per heavy atom. The fraction of sp³-hybridized carbons (Fsp3) is 0.909. The second-order valence-electron chi connectivity index (χ2n) is 4.08. The predicted octanol–water partition coefficient (Wildman–Crippen LogP) is -1.24. The minimum absolute atomic E-state index is 0. The van der Waals surface area contributed by atoms with E-state index in [9.17, 15) is 17.8 Å². The third-order valence-corrected chi connectivity index (χ3v) is 2.86. The standard InChI is InChI=1S/C11H22O6S.Na/c1-3-4-5-6-7-8-9-16-11(12)10(2)17-18(13,14)15;/h10H,3-9H2,1-2H3,(H,13,14,15);/q;+1/p-1. The van der Waals surface area contributed by atoms with Crippen molar-refractivity contribution in [3.05, 3.63) is 0 Å². The van der Waals surface area contributed by atoms with Gasteiger partial charge in [-0.15, -0.1) is 0 Å². The number of rotatable bonds is 10. The van der Waals surface area contributed by atoms with Crippen molar-refractivity contribution >= 4 is 16.4 Å². The fourth-order valence-corrected chi connectivity index (χ4v) is 1.82. The molecule has 19 heavy (non-hydrogen) atoms. The first-order chi connectivity index (χ1) is 8.37. The van der Waals surface area contributed by atoms with E-state index < -0.39 is 22.5 Å². The van der Waals surface area contributed by atoms with Crippen LogP contribution in [-0.2, 0) is 24.1 Å². The number of esters is 1. The molecule has 1 atom stereocenters. The van der Waals surface area contributed by atoms with Crippen molar-refractivity contribution in [2.24, 2.45) is 0 Å². The van der Waals surface area contributed by atoms with E-state index in [0.29, 0.717) is 0 Å². The Hall–Kier alpha value is 0.340. The maximum atomic E-state index is 11.2. The van der Waals surface area contributed by atoms with Crippen LogP contribution in [0.4, 0.5) is 0 Å². The van der Waals surface area contributed by atoms with E-state index in [0.717, 1.165) is 19.3 Å². The van der Waals surface area contributed by atoms with Crippen molar-refractivity contribution in [3.8, 4) is 0 Å². The Bertz CT molecular complexity index is 330. The number of unbranched alkanes of at least 4 members (excludes halogenated alkanes) is 5. The molecule has 0 aromatic carbocycles.